The molecule has 0 saturated carbocycles. The van der Waals surface area contributed by atoms with Gasteiger partial charge in [0.1, 0.15) is 24.2 Å². The second-order valence-electron chi connectivity index (χ2n) is 11.1. The van der Waals surface area contributed by atoms with E-state index >= 15 is 0 Å². The van der Waals surface area contributed by atoms with Crippen LogP contribution < -0.4 is 14.4 Å². The molecule has 2 amide bonds. The zero-order valence-corrected chi connectivity index (χ0v) is 29.0. The zero-order valence-electron chi connectivity index (χ0n) is 26.6. The first-order chi connectivity index (χ1) is 22.5. The number of amides is 2. The molecule has 0 fully saturated rings. The van der Waals surface area contributed by atoms with Crippen molar-refractivity contribution in [3.63, 3.8) is 0 Å². The van der Waals surface area contributed by atoms with Gasteiger partial charge in [0.25, 0.3) is 10.0 Å². The van der Waals surface area contributed by atoms with Gasteiger partial charge >= 0.3 is 0 Å². The van der Waals surface area contributed by atoms with Crippen LogP contribution in [0.5, 0.6) is 5.75 Å². The third-order valence-electron chi connectivity index (χ3n) is 7.65. The number of hydrogen-bond donors (Lipinski definition) is 1. The molecule has 0 bridgehead atoms. The Hall–Kier alpha value is -4.22. The number of benzene rings is 4. The van der Waals surface area contributed by atoms with Crippen molar-refractivity contribution in [1.82, 2.24) is 10.2 Å². The molecule has 0 aliphatic heterocycles. The number of halogens is 2. The highest BCUT2D eigenvalue weighted by Gasteiger charge is 2.35. The fourth-order valence-corrected chi connectivity index (χ4v) is 6.60. The molecule has 4 rings (SSSR count). The Labute approximate surface area is 284 Å². The average Bonchev–Trinajstić information content (AvgIpc) is 3.07. The fourth-order valence-electron chi connectivity index (χ4n) is 4.92. The topological polar surface area (TPSA) is 96.0 Å². The summed E-state index contributed by atoms with van der Waals surface area (Å²) in [6, 6.07) is 26.4. The van der Waals surface area contributed by atoms with E-state index in [0.717, 1.165) is 44.2 Å². The van der Waals surface area contributed by atoms with Gasteiger partial charge in [-0.2, -0.15) is 0 Å². The van der Waals surface area contributed by atoms with E-state index in [-0.39, 0.29) is 35.5 Å². The minimum absolute atomic E-state index is 0.0469. The number of nitrogens with zero attached hydrogens (tertiary/aromatic N) is 2. The molecule has 0 radical (unpaired) electrons. The van der Waals surface area contributed by atoms with Crippen LogP contribution in [-0.4, -0.2) is 50.4 Å². The molecular formula is C36H39BrFN3O5S. The predicted octanol–water partition coefficient (Wildman–Crippen LogP) is 6.74. The number of hydrogen-bond acceptors (Lipinski definition) is 5. The molecule has 0 unspecified atom stereocenters. The first kappa shape index (κ1) is 35.6. The SMILES string of the molecule is CCOc1ccc(N(CC(=O)N(Cc2ccc(Br)cc2)[C@H](Cc2ccccc2)C(=O)N[C@@H](C)CC)S(=O)(=O)c2ccc(F)cc2)cc1. The van der Waals surface area contributed by atoms with Crippen molar-refractivity contribution in [2.24, 2.45) is 0 Å². The summed E-state index contributed by atoms with van der Waals surface area (Å²) >= 11 is 3.44. The molecule has 11 heteroatoms. The Bertz CT molecular complexity index is 1720. The van der Waals surface area contributed by atoms with E-state index in [0.29, 0.717) is 18.8 Å². The zero-order chi connectivity index (χ0) is 34.0. The lowest BCUT2D eigenvalue weighted by Gasteiger charge is -2.34. The molecule has 0 saturated heterocycles. The number of nitrogens with one attached hydrogen (secondary N) is 1. The molecule has 2 atom stereocenters. The van der Waals surface area contributed by atoms with E-state index in [1.165, 1.54) is 4.90 Å². The quantitative estimate of drug-likeness (QED) is 0.147. The van der Waals surface area contributed by atoms with Gasteiger partial charge in [0, 0.05) is 23.5 Å². The van der Waals surface area contributed by atoms with Crippen LogP contribution in [0.25, 0.3) is 0 Å². The average molecular weight is 725 g/mol. The molecular weight excluding hydrogens is 685 g/mol. The maximum Gasteiger partial charge on any atom is 0.264 e. The number of anilines is 1. The smallest absolute Gasteiger partial charge is 0.264 e. The van der Waals surface area contributed by atoms with Gasteiger partial charge in [0.2, 0.25) is 11.8 Å². The molecule has 0 aliphatic rings. The highest BCUT2D eigenvalue weighted by Crippen LogP contribution is 2.27. The van der Waals surface area contributed by atoms with Crippen LogP contribution in [0.1, 0.15) is 38.3 Å². The largest absolute Gasteiger partial charge is 0.494 e. The van der Waals surface area contributed by atoms with E-state index in [2.05, 4.69) is 21.2 Å². The van der Waals surface area contributed by atoms with Crippen molar-refractivity contribution < 1.29 is 27.1 Å². The maximum absolute atomic E-state index is 14.5. The lowest BCUT2D eigenvalue weighted by molar-refractivity contribution is -0.140. The number of rotatable bonds is 15. The standard InChI is InChI=1S/C36H39BrFN3O5S/c1-4-26(3)39-36(43)34(23-27-9-7-6-8-10-27)40(24-28-11-13-29(37)14-12-28)35(42)25-41(31-17-19-32(20-18-31)46-5-2)47(44,45)33-21-15-30(38)16-22-33/h6-22,26,34H,4-5,23-25H2,1-3H3,(H,39,43)/t26-,34+/m0/s1. The fraction of sp³-hybridized carbons (Fsp3) is 0.278. The number of ether oxygens (including phenoxy) is 1. The van der Waals surface area contributed by atoms with Gasteiger partial charge in [-0.3, -0.25) is 13.9 Å². The van der Waals surface area contributed by atoms with Gasteiger partial charge < -0.3 is 15.0 Å². The van der Waals surface area contributed by atoms with Crippen LogP contribution >= 0.6 is 15.9 Å². The summed E-state index contributed by atoms with van der Waals surface area (Å²) in [6.07, 6.45) is 0.894. The van der Waals surface area contributed by atoms with E-state index in [4.69, 9.17) is 4.74 Å². The summed E-state index contributed by atoms with van der Waals surface area (Å²) in [4.78, 5) is 29.7. The van der Waals surface area contributed by atoms with Crippen LogP contribution in [0.2, 0.25) is 0 Å². The van der Waals surface area contributed by atoms with Gasteiger partial charge in [0.15, 0.2) is 0 Å². The summed E-state index contributed by atoms with van der Waals surface area (Å²) in [5.74, 6) is -0.997. The molecule has 1 N–H and O–H groups in total. The Balaban J connectivity index is 1.80. The van der Waals surface area contributed by atoms with Gasteiger partial charge in [-0.05, 0) is 92.1 Å². The normalized spacial score (nSPS) is 12.5. The summed E-state index contributed by atoms with van der Waals surface area (Å²) in [5.41, 5.74) is 1.80. The van der Waals surface area contributed by atoms with Crippen molar-refractivity contribution in [3.05, 3.63) is 125 Å². The minimum atomic E-state index is -4.36. The molecule has 4 aromatic carbocycles. The van der Waals surface area contributed by atoms with E-state index in [9.17, 15) is 22.4 Å². The highest BCUT2D eigenvalue weighted by atomic mass is 79.9. The Kier molecular flexibility index (Phi) is 12.6. The van der Waals surface area contributed by atoms with Crippen LogP contribution in [0, 0.1) is 5.82 Å². The number of sulfonamides is 1. The van der Waals surface area contributed by atoms with E-state index < -0.39 is 34.3 Å². The van der Waals surface area contributed by atoms with E-state index in [1.54, 1.807) is 24.3 Å². The van der Waals surface area contributed by atoms with Crippen LogP contribution in [0.3, 0.4) is 0 Å². The monoisotopic (exact) mass is 723 g/mol. The third kappa shape index (κ3) is 9.65. The Morgan fingerprint density at radius 2 is 1.51 bits per heavy atom. The third-order valence-corrected chi connectivity index (χ3v) is 9.97. The molecule has 248 valence electrons. The van der Waals surface area contributed by atoms with Crippen LogP contribution in [0.15, 0.2) is 112 Å². The lowest BCUT2D eigenvalue weighted by atomic mass is 10.0. The molecule has 4 aromatic rings. The molecule has 0 aromatic heterocycles. The summed E-state index contributed by atoms with van der Waals surface area (Å²) in [5, 5.41) is 3.02. The van der Waals surface area contributed by atoms with Gasteiger partial charge in [-0.25, -0.2) is 12.8 Å². The minimum Gasteiger partial charge on any atom is -0.494 e. The van der Waals surface area contributed by atoms with Crippen molar-refractivity contribution >= 4 is 43.5 Å². The predicted molar refractivity (Wildman–Crippen MR) is 185 cm³/mol. The van der Waals surface area contributed by atoms with Crippen molar-refractivity contribution in [2.75, 3.05) is 17.5 Å². The van der Waals surface area contributed by atoms with Crippen molar-refractivity contribution in [1.29, 1.82) is 0 Å². The number of carbonyl (C=O) groups is 2. The Morgan fingerprint density at radius 3 is 2.11 bits per heavy atom. The lowest BCUT2D eigenvalue weighted by Crippen LogP contribution is -2.54. The van der Waals surface area contributed by atoms with Gasteiger partial charge in [-0.15, -0.1) is 0 Å². The summed E-state index contributed by atoms with van der Waals surface area (Å²) < 4.78 is 49.4. The number of carbonyl (C=O) groups excluding carboxylic acids is 2. The first-order valence-electron chi connectivity index (χ1n) is 15.4. The van der Waals surface area contributed by atoms with Gasteiger partial charge in [-0.1, -0.05) is 65.3 Å². The summed E-state index contributed by atoms with van der Waals surface area (Å²) in [7, 11) is -4.36. The molecule has 47 heavy (non-hydrogen) atoms. The van der Waals surface area contributed by atoms with E-state index in [1.807, 2.05) is 75.4 Å². The Morgan fingerprint density at radius 1 is 0.872 bits per heavy atom. The molecule has 8 nitrogen and oxygen atoms in total. The molecule has 0 aliphatic carbocycles. The van der Waals surface area contributed by atoms with Crippen molar-refractivity contribution in [2.45, 2.75) is 57.1 Å². The second kappa shape index (κ2) is 16.6. The van der Waals surface area contributed by atoms with Crippen LogP contribution in [0.4, 0.5) is 10.1 Å². The van der Waals surface area contributed by atoms with Crippen LogP contribution in [-0.2, 0) is 32.6 Å². The highest BCUT2D eigenvalue weighted by molar-refractivity contribution is 9.10. The first-order valence-corrected chi connectivity index (χ1v) is 17.6. The summed E-state index contributed by atoms with van der Waals surface area (Å²) in [6.45, 7) is 5.53. The molecule has 0 spiro atoms. The second-order valence-corrected chi connectivity index (χ2v) is 13.8. The maximum atomic E-state index is 14.5. The van der Waals surface area contributed by atoms with Crippen molar-refractivity contribution in [3.8, 4) is 5.75 Å². The molecule has 0 heterocycles. The van der Waals surface area contributed by atoms with Gasteiger partial charge in [0.05, 0.1) is 17.2 Å².